The summed E-state index contributed by atoms with van der Waals surface area (Å²) in [6, 6.07) is 10.3. The third-order valence-corrected chi connectivity index (χ3v) is 4.08. The van der Waals surface area contributed by atoms with Crippen molar-refractivity contribution in [3.05, 3.63) is 52.9 Å². The summed E-state index contributed by atoms with van der Waals surface area (Å²) in [5.41, 5.74) is 3.41. The van der Waals surface area contributed by atoms with Crippen LogP contribution >= 0.6 is 0 Å². The minimum atomic E-state index is -0.0206. The lowest BCUT2D eigenvalue weighted by Crippen LogP contribution is -2.42. The summed E-state index contributed by atoms with van der Waals surface area (Å²) in [5.74, 6) is 0.822. The predicted molar refractivity (Wildman–Crippen MR) is 83.5 cm³/mol. The van der Waals surface area contributed by atoms with Gasteiger partial charge in [-0.05, 0) is 31.7 Å². The van der Waals surface area contributed by atoms with Crippen molar-refractivity contribution in [1.82, 2.24) is 15.4 Å². The van der Waals surface area contributed by atoms with E-state index in [4.69, 9.17) is 4.52 Å². The molecule has 0 saturated carbocycles. The van der Waals surface area contributed by atoms with Crippen molar-refractivity contribution in [3.63, 3.8) is 0 Å². The lowest BCUT2D eigenvalue weighted by atomic mass is 10.1. The highest BCUT2D eigenvalue weighted by Gasteiger charge is 2.25. The van der Waals surface area contributed by atoms with Gasteiger partial charge in [0.25, 0.3) is 0 Å². The van der Waals surface area contributed by atoms with Crippen LogP contribution in [0.15, 0.2) is 34.9 Å². The number of carbonyl (C=O) groups is 1. The maximum atomic E-state index is 12.2. The molecule has 1 aliphatic rings. The maximum absolute atomic E-state index is 12.2. The summed E-state index contributed by atoms with van der Waals surface area (Å²) in [6.07, 6.45) is 2.74. The second-order valence-corrected chi connectivity index (χ2v) is 5.66. The van der Waals surface area contributed by atoms with Crippen LogP contribution in [0.1, 0.15) is 29.0 Å². The van der Waals surface area contributed by atoms with Crippen LogP contribution < -0.4 is 5.32 Å². The molecule has 0 radical (unpaired) electrons. The first kappa shape index (κ1) is 14.6. The zero-order chi connectivity index (χ0) is 15.4. The average molecular weight is 299 g/mol. The Morgan fingerprint density at radius 3 is 3.00 bits per heavy atom. The lowest BCUT2D eigenvalue weighted by molar-refractivity contribution is 0.183. The molecule has 3 rings (SSSR count). The third-order valence-electron chi connectivity index (χ3n) is 4.08. The standard InChI is InChI=1S/C17H21N3O2/c1-13-15-9-11-20(12-16(15)22-19-13)17(21)18-10-5-8-14-6-3-2-4-7-14/h2-4,6-7H,5,8-12H2,1H3,(H,18,21). The van der Waals surface area contributed by atoms with Crippen LogP contribution in [0, 0.1) is 6.92 Å². The number of amides is 2. The van der Waals surface area contributed by atoms with Gasteiger partial charge in [0.15, 0.2) is 5.76 Å². The minimum Gasteiger partial charge on any atom is -0.359 e. The number of fused-ring (bicyclic) bond motifs is 1. The molecule has 2 heterocycles. The average Bonchev–Trinajstić information content (AvgIpc) is 2.93. The van der Waals surface area contributed by atoms with Gasteiger partial charge in [0.1, 0.15) is 0 Å². The van der Waals surface area contributed by atoms with Crippen molar-refractivity contribution in [2.24, 2.45) is 0 Å². The van der Waals surface area contributed by atoms with E-state index in [1.807, 2.05) is 25.1 Å². The van der Waals surface area contributed by atoms with E-state index in [-0.39, 0.29) is 6.03 Å². The SMILES string of the molecule is Cc1noc2c1CCN(C(=O)NCCCc1ccccc1)C2. The molecule has 1 aliphatic heterocycles. The van der Waals surface area contributed by atoms with Crippen LogP contribution in [0.3, 0.4) is 0 Å². The summed E-state index contributed by atoms with van der Waals surface area (Å²) in [5, 5.41) is 6.95. The van der Waals surface area contributed by atoms with E-state index in [0.29, 0.717) is 13.1 Å². The number of nitrogens with zero attached hydrogens (tertiary/aromatic N) is 2. The molecule has 0 aliphatic carbocycles. The molecular formula is C17H21N3O2. The molecule has 2 aromatic rings. The fourth-order valence-corrected chi connectivity index (χ4v) is 2.80. The largest absolute Gasteiger partial charge is 0.359 e. The van der Waals surface area contributed by atoms with Gasteiger partial charge in [0, 0.05) is 18.7 Å². The molecule has 1 aromatic heterocycles. The zero-order valence-electron chi connectivity index (χ0n) is 12.8. The predicted octanol–water partition coefficient (Wildman–Crippen LogP) is 2.68. The molecule has 116 valence electrons. The van der Waals surface area contributed by atoms with E-state index in [1.165, 1.54) is 5.56 Å². The lowest BCUT2D eigenvalue weighted by Gasteiger charge is -2.25. The van der Waals surface area contributed by atoms with Crippen LogP contribution in [0.25, 0.3) is 0 Å². The van der Waals surface area contributed by atoms with Crippen LogP contribution in [0.2, 0.25) is 0 Å². The van der Waals surface area contributed by atoms with Gasteiger partial charge in [0.05, 0.1) is 12.2 Å². The number of nitrogens with one attached hydrogen (secondary N) is 1. The molecule has 1 N–H and O–H groups in total. The molecule has 0 unspecified atom stereocenters. The number of hydrogen-bond donors (Lipinski definition) is 1. The van der Waals surface area contributed by atoms with Crippen molar-refractivity contribution < 1.29 is 9.32 Å². The number of hydrogen-bond acceptors (Lipinski definition) is 3. The van der Waals surface area contributed by atoms with Crippen LogP contribution in [0.4, 0.5) is 4.79 Å². The molecule has 1 aromatic carbocycles. The maximum Gasteiger partial charge on any atom is 0.317 e. The number of aromatic nitrogens is 1. The highest BCUT2D eigenvalue weighted by molar-refractivity contribution is 5.74. The molecule has 5 heteroatoms. The van der Waals surface area contributed by atoms with Crippen molar-refractivity contribution in [3.8, 4) is 0 Å². The fraction of sp³-hybridized carbons (Fsp3) is 0.412. The molecular weight excluding hydrogens is 278 g/mol. The first-order chi connectivity index (χ1) is 10.7. The summed E-state index contributed by atoms with van der Waals surface area (Å²) in [7, 11) is 0. The van der Waals surface area contributed by atoms with Gasteiger partial charge in [-0.2, -0.15) is 0 Å². The Balaban J connectivity index is 1.43. The first-order valence-electron chi connectivity index (χ1n) is 7.75. The number of aryl methyl sites for hydroxylation is 2. The Kier molecular flexibility index (Phi) is 4.42. The summed E-state index contributed by atoms with van der Waals surface area (Å²) in [4.78, 5) is 14.0. The van der Waals surface area contributed by atoms with Gasteiger partial charge in [0.2, 0.25) is 0 Å². The van der Waals surface area contributed by atoms with Crippen LogP contribution in [0.5, 0.6) is 0 Å². The smallest absolute Gasteiger partial charge is 0.317 e. The summed E-state index contributed by atoms with van der Waals surface area (Å²) >= 11 is 0. The van der Waals surface area contributed by atoms with E-state index >= 15 is 0 Å². The monoisotopic (exact) mass is 299 g/mol. The zero-order valence-corrected chi connectivity index (χ0v) is 12.8. The van der Waals surface area contributed by atoms with Gasteiger partial charge < -0.3 is 14.7 Å². The Morgan fingerprint density at radius 2 is 2.18 bits per heavy atom. The highest BCUT2D eigenvalue weighted by Crippen LogP contribution is 2.21. The first-order valence-corrected chi connectivity index (χ1v) is 7.75. The molecule has 2 amide bonds. The van der Waals surface area contributed by atoms with Crippen LogP contribution in [-0.2, 0) is 19.4 Å². The summed E-state index contributed by atoms with van der Waals surface area (Å²) in [6.45, 7) is 3.87. The summed E-state index contributed by atoms with van der Waals surface area (Å²) < 4.78 is 5.28. The van der Waals surface area contributed by atoms with Gasteiger partial charge in [-0.25, -0.2) is 4.79 Å². The Morgan fingerprint density at radius 1 is 1.36 bits per heavy atom. The molecule has 0 fully saturated rings. The van der Waals surface area contributed by atoms with E-state index in [1.54, 1.807) is 4.90 Å². The Bertz CT molecular complexity index is 637. The quantitative estimate of drug-likeness (QED) is 0.883. The highest BCUT2D eigenvalue weighted by atomic mass is 16.5. The molecule has 22 heavy (non-hydrogen) atoms. The minimum absolute atomic E-state index is 0.0206. The number of rotatable bonds is 4. The van der Waals surface area contributed by atoms with E-state index < -0.39 is 0 Å². The second kappa shape index (κ2) is 6.64. The molecule has 0 atom stereocenters. The van der Waals surface area contributed by atoms with Crippen molar-refractivity contribution >= 4 is 6.03 Å². The number of benzene rings is 1. The molecule has 0 saturated heterocycles. The molecule has 5 nitrogen and oxygen atoms in total. The third kappa shape index (κ3) is 3.30. The van der Waals surface area contributed by atoms with Gasteiger partial charge >= 0.3 is 6.03 Å². The van der Waals surface area contributed by atoms with Crippen molar-refractivity contribution in [2.45, 2.75) is 32.7 Å². The normalized spacial score (nSPS) is 13.8. The van der Waals surface area contributed by atoms with Crippen molar-refractivity contribution in [1.29, 1.82) is 0 Å². The second-order valence-electron chi connectivity index (χ2n) is 5.66. The van der Waals surface area contributed by atoms with Gasteiger partial charge in [-0.3, -0.25) is 0 Å². The Labute approximate surface area is 130 Å². The molecule has 0 spiro atoms. The fourth-order valence-electron chi connectivity index (χ4n) is 2.80. The van der Waals surface area contributed by atoms with Crippen LogP contribution in [-0.4, -0.2) is 29.2 Å². The number of carbonyl (C=O) groups excluding carboxylic acids is 1. The van der Waals surface area contributed by atoms with Crippen molar-refractivity contribution in [2.75, 3.05) is 13.1 Å². The van der Waals surface area contributed by atoms with Gasteiger partial charge in [-0.15, -0.1) is 0 Å². The van der Waals surface area contributed by atoms with E-state index in [0.717, 1.165) is 42.8 Å². The molecule has 0 bridgehead atoms. The van der Waals surface area contributed by atoms with E-state index in [9.17, 15) is 4.79 Å². The van der Waals surface area contributed by atoms with Gasteiger partial charge in [-0.1, -0.05) is 35.5 Å². The topological polar surface area (TPSA) is 58.4 Å². The number of urea groups is 1. The van der Waals surface area contributed by atoms with E-state index in [2.05, 4.69) is 22.6 Å². The Hall–Kier alpha value is -2.30.